The lowest BCUT2D eigenvalue weighted by atomic mass is 9.83. The number of aliphatic hydroxyl groups excluding tert-OH is 7. The van der Waals surface area contributed by atoms with Crippen molar-refractivity contribution in [3.05, 3.63) is 0 Å². The third-order valence-corrected chi connectivity index (χ3v) is 7.15. The fourth-order valence-corrected chi connectivity index (χ4v) is 4.84. The van der Waals surface area contributed by atoms with E-state index in [1.165, 1.54) is 0 Å². The van der Waals surface area contributed by atoms with Gasteiger partial charge in [0, 0.05) is 12.6 Å². The van der Waals surface area contributed by atoms with E-state index in [0.29, 0.717) is 0 Å². The number of rotatable bonds is 10. The Hall–Kier alpha value is -1.13. The van der Waals surface area contributed by atoms with E-state index >= 15 is 0 Å². The molecule has 15 atom stereocenters. The Morgan fingerprint density at radius 3 is 2.08 bits per heavy atom. The number of hydrogen-bond acceptors (Lipinski definition) is 16. The van der Waals surface area contributed by atoms with Gasteiger partial charge in [-0.1, -0.05) is 0 Å². The highest BCUT2D eigenvalue weighted by Crippen LogP contribution is 2.32. The van der Waals surface area contributed by atoms with E-state index < -0.39 is 104 Å². The van der Waals surface area contributed by atoms with E-state index in [0.717, 1.165) is 0 Å². The molecule has 17 heteroatoms. The number of carbonyl (C=O) groups excluding carboxylic acids is 1. The van der Waals surface area contributed by atoms with Gasteiger partial charge in [-0.15, -0.1) is 0 Å². The van der Waals surface area contributed by atoms with Gasteiger partial charge in [-0.05, 0) is 19.4 Å². The van der Waals surface area contributed by atoms with Crippen molar-refractivity contribution in [2.45, 2.75) is 105 Å². The first-order valence-electron chi connectivity index (χ1n) is 12.5. The van der Waals surface area contributed by atoms with Crippen molar-refractivity contribution in [1.82, 2.24) is 5.32 Å². The Labute approximate surface area is 218 Å². The van der Waals surface area contributed by atoms with E-state index in [1.807, 2.05) is 0 Å². The van der Waals surface area contributed by atoms with Crippen LogP contribution in [0.2, 0.25) is 0 Å². The van der Waals surface area contributed by atoms with Crippen molar-refractivity contribution < 1.29 is 59.5 Å². The third kappa shape index (κ3) is 6.60. The lowest BCUT2D eigenvalue weighted by molar-refractivity contribution is -0.307. The molecule has 0 aromatic heterocycles. The number of aliphatic hydroxyl groups is 7. The van der Waals surface area contributed by atoms with Gasteiger partial charge in [-0.2, -0.15) is 0 Å². The summed E-state index contributed by atoms with van der Waals surface area (Å²) in [5.74, 6) is -0.807. The molecule has 3 fully saturated rings. The second kappa shape index (κ2) is 13.5. The van der Waals surface area contributed by atoms with E-state index in [-0.39, 0.29) is 25.9 Å². The van der Waals surface area contributed by atoms with Gasteiger partial charge in [0.1, 0.15) is 61.0 Å². The summed E-state index contributed by atoms with van der Waals surface area (Å²) in [5.41, 5.74) is 23.3. The summed E-state index contributed by atoms with van der Waals surface area (Å²) in [6.07, 6.45) is -16.9. The predicted octanol–water partition coefficient (Wildman–Crippen LogP) is -7.79. The molecule has 222 valence electrons. The van der Waals surface area contributed by atoms with Gasteiger partial charge in [0.2, 0.25) is 5.91 Å². The van der Waals surface area contributed by atoms with Gasteiger partial charge < -0.3 is 82.9 Å². The maximum atomic E-state index is 12.4. The topological polar surface area (TPSA) is 312 Å². The smallest absolute Gasteiger partial charge is 0.249 e. The number of hydrogen-bond donors (Lipinski definition) is 12. The SMILES string of the molecule is NCCC(O)C(=O)N[C@@H]1C[C@H](N)[C@@H](O[C@H]2O[C@H](CN)[C@@H](O)[C@H](O)[C@H]2N)[C@H](OC2O[C@H](CO)[C@@H](O)[C@H]2O)[C@H]1O. The Balaban J connectivity index is 1.84. The monoisotopic (exact) mass is 555 g/mol. The van der Waals surface area contributed by atoms with Crippen molar-refractivity contribution in [3.63, 3.8) is 0 Å². The van der Waals surface area contributed by atoms with Crippen LogP contribution >= 0.6 is 0 Å². The largest absolute Gasteiger partial charge is 0.394 e. The normalized spacial score (nSPS) is 46.6. The summed E-state index contributed by atoms with van der Waals surface area (Å²) >= 11 is 0. The molecule has 2 heterocycles. The number of ether oxygens (including phenoxy) is 4. The Kier molecular flexibility index (Phi) is 11.1. The van der Waals surface area contributed by atoms with Crippen LogP contribution in [-0.4, -0.2) is 153 Å². The van der Waals surface area contributed by atoms with Crippen LogP contribution in [-0.2, 0) is 23.7 Å². The lowest BCUT2D eigenvalue weighted by Gasteiger charge is -2.48. The molecule has 16 N–H and O–H groups in total. The van der Waals surface area contributed by atoms with Crippen molar-refractivity contribution >= 4 is 5.91 Å². The highest BCUT2D eigenvalue weighted by Gasteiger charge is 2.53. The van der Waals surface area contributed by atoms with Crippen molar-refractivity contribution in [2.75, 3.05) is 19.7 Å². The first kappa shape index (κ1) is 31.4. The molecular formula is C21H41N5O12. The zero-order valence-electron chi connectivity index (χ0n) is 20.7. The average Bonchev–Trinajstić information content (AvgIpc) is 3.16. The highest BCUT2D eigenvalue weighted by atomic mass is 16.7. The quantitative estimate of drug-likeness (QED) is 0.119. The van der Waals surface area contributed by atoms with E-state index in [4.69, 9.17) is 41.9 Å². The molecule has 17 nitrogen and oxygen atoms in total. The molecule has 0 aromatic rings. The van der Waals surface area contributed by atoms with E-state index in [2.05, 4.69) is 5.32 Å². The molecule has 0 radical (unpaired) electrons. The summed E-state index contributed by atoms with van der Waals surface area (Å²) < 4.78 is 22.7. The second-order valence-electron chi connectivity index (χ2n) is 9.84. The zero-order valence-corrected chi connectivity index (χ0v) is 20.7. The van der Waals surface area contributed by atoms with E-state index in [1.54, 1.807) is 0 Å². The molecule has 2 unspecified atom stereocenters. The summed E-state index contributed by atoms with van der Waals surface area (Å²) in [5, 5.41) is 74.0. The number of nitrogens with one attached hydrogen (secondary N) is 1. The molecular weight excluding hydrogens is 514 g/mol. The molecule has 1 aliphatic carbocycles. The van der Waals surface area contributed by atoms with Crippen LogP contribution < -0.4 is 28.3 Å². The number of amides is 1. The van der Waals surface area contributed by atoms with Gasteiger partial charge >= 0.3 is 0 Å². The van der Waals surface area contributed by atoms with Crippen molar-refractivity contribution in [3.8, 4) is 0 Å². The second-order valence-corrected chi connectivity index (χ2v) is 9.84. The molecule has 2 aliphatic heterocycles. The Morgan fingerprint density at radius 2 is 1.50 bits per heavy atom. The van der Waals surface area contributed by atoms with Crippen LogP contribution in [0.1, 0.15) is 12.8 Å². The molecule has 0 bridgehead atoms. The molecule has 1 amide bonds. The van der Waals surface area contributed by atoms with Crippen LogP contribution in [0.4, 0.5) is 0 Å². The standard InChI is InChI=1S/C21H41N5O12/c22-2-1-8(28)19(34)26-7-3-6(24)17(37-20-11(25)15(32)13(30)9(4-23)35-20)18(12(7)29)38-21-16(33)14(31)10(5-27)36-21/h6-18,20-21,27-33H,1-5,22-25H2,(H,26,34)/t6-,7+,8?,9+,10+,11+,12-,13+,14+,15+,16+,17+,18+,20+,21?/m0/s1. The lowest BCUT2D eigenvalue weighted by Crippen LogP contribution is -2.69. The van der Waals surface area contributed by atoms with Gasteiger partial charge in [0.15, 0.2) is 12.6 Å². The minimum atomic E-state index is -1.62. The Bertz CT molecular complexity index is 770. The summed E-state index contributed by atoms with van der Waals surface area (Å²) in [6, 6.07) is -3.29. The minimum absolute atomic E-state index is 0.0255. The van der Waals surface area contributed by atoms with Crippen LogP contribution in [0.5, 0.6) is 0 Å². The average molecular weight is 556 g/mol. The van der Waals surface area contributed by atoms with Gasteiger partial charge in [-0.3, -0.25) is 4.79 Å². The van der Waals surface area contributed by atoms with Crippen molar-refractivity contribution in [2.24, 2.45) is 22.9 Å². The maximum absolute atomic E-state index is 12.4. The fraction of sp³-hybridized carbons (Fsp3) is 0.952. The number of nitrogens with two attached hydrogens (primary N) is 4. The van der Waals surface area contributed by atoms with Crippen LogP contribution in [0.25, 0.3) is 0 Å². The Morgan fingerprint density at radius 1 is 0.895 bits per heavy atom. The van der Waals surface area contributed by atoms with Gasteiger partial charge in [0.05, 0.1) is 18.7 Å². The van der Waals surface area contributed by atoms with Crippen LogP contribution in [0.3, 0.4) is 0 Å². The zero-order chi connectivity index (χ0) is 28.3. The van der Waals surface area contributed by atoms with Gasteiger partial charge in [0.25, 0.3) is 0 Å². The maximum Gasteiger partial charge on any atom is 0.249 e. The molecule has 3 aliphatic rings. The summed E-state index contributed by atoms with van der Waals surface area (Å²) in [4.78, 5) is 12.4. The first-order valence-corrected chi connectivity index (χ1v) is 12.5. The van der Waals surface area contributed by atoms with Crippen LogP contribution in [0.15, 0.2) is 0 Å². The van der Waals surface area contributed by atoms with Gasteiger partial charge in [-0.25, -0.2) is 0 Å². The van der Waals surface area contributed by atoms with Crippen molar-refractivity contribution in [1.29, 1.82) is 0 Å². The highest BCUT2D eigenvalue weighted by molar-refractivity contribution is 5.80. The summed E-state index contributed by atoms with van der Waals surface area (Å²) in [7, 11) is 0. The first-order chi connectivity index (χ1) is 17.9. The fourth-order valence-electron chi connectivity index (χ4n) is 4.84. The number of carbonyl (C=O) groups is 1. The molecule has 38 heavy (non-hydrogen) atoms. The minimum Gasteiger partial charge on any atom is -0.394 e. The van der Waals surface area contributed by atoms with Crippen LogP contribution in [0, 0.1) is 0 Å². The molecule has 1 saturated carbocycles. The summed E-state index contributed by atoms with van der Waals surface area (Å²) in [6.45, 7) is -0.764. The molecule has 3 rings (SSSR count). The molecule has 0 spiro atoms. The molecule has 2 saturated heterocycles. The molecule has 0 aromatic carbocycles. The predicted molar refractivity (Wildman–Crippen MR) is 125 cm³/mol. The van der Waals surface area contributed by atoms with E-state index in [9.17, 15) is 40.5 Å². The third-order valence-electron chi connectivity index (χ3n) is 7.15.